The van der Waals surface area contributed by atoms with Gasteiger partial charge in [0.1, 0.15) is 0 Å². The highest BCUT2D eigenvalue weighted by molar-refractivity contribution is 5.91. The fraction of sp³-hybridized carbons (Fsp3) is 0.417. The van der Waals surface area contributed by atoms with Gasteiger partial charge in [0.15, 0.2) is 0 Å². The maximum Gasteiger partial charge on any atom is 0.450 e. The molecule has 2 aliphatic rings. The van der Waals surface area contributed by atoms with Crippen LogP contribution < -0.4 is 5.43 Å². The van der Waals surface area contributed by atoms with E-state index in [1.54, 1.807) is 0 Å². The molecule has 2 aromatic rings. The minimum atomic E-state index is -4.91. The Bertz CT molecular complexity index is 1020. The number of rotatable bonds is 4. The molecule has 170 valence electrons. The zero-order valence-electron chi connectivity index (χ0n) is 17.8. The molecular formula is C24H26F3N3O2. The third-order valence-electron chi connectivity index (χ3n) is 6.41. The molecule has 8 heteroatoms. The number of hydrazine groups is 1. The highest BCUT2D eigenvalue weighted by Gasteiger charge is 2.46. The first-order valence-electron chi connectivity index (χ1n) is 10.7. The largest absolute Gasteiger partial charge is 0.450 e. The molecule has 4 rings (SSSR count). The fourth-order valence-corrected chi connectivity index (χ4v) is 4.60. The summed E-state index contributed by atoms with van der Waals surface area (Å²) in [5.41, 5.74) is 3.72. The van der Waals surface area contributed by atoms with Crippen LogP contribution in [-0.2, 0) is 9.59 Å². The van der Waals surface area contributed by atoms with Crippen LogP contribution in [-0.4, -0.2) is 61.0 Å². The molecular weight excluding hydrogens is 419 g/mol. The Hall–Kier alpha value is -2.71. The molecule has 1 aliphatic carbocycles. The van der Waals surface area contributed by atoms with Gasteiger partial charge in [-0.3, -0.25) is 15.0 Å². The third-order valence-corrected chi connectivity index (χ3v) is 6.41. The number of carbonyl (C=O) groups is 2. The second-order valence-corrected chi connectivity index (χ2v) is 8.56. The van der Waals surface area contributed by atoms with Crippen molar-refractivity contribution < 1.29 is 22.8 Å². The maximum atomic E-state index is 13.2. The summed E-state index contributed by atoms with van der Waals surface area (Å²) in [5.74, 6) is -4.54. The lowest BCUT2D eigenvalue weighted by atomic mass is 9.72. The monoisotopic (exact) mass is 445 g/mol. The number of ketones is 1. The number of halogens is 3. The number of amides is 1. The van der Waals surface area contributed by atoms with Crippen molar-refractivity contribution in [2.75, 3.05) is 33.2 Å². The van der Waals surface area contributed by atoms with Crippen LogP contribution in [0.3, 0.4) is 0 Å². The summed E-state index contributed by atoms with van der Waals surface area (Å²) in [6.07, 6.45) is -2.24. The SMILES string of the molecule is CN1CCN(NC(=O)C2C=CC(C(=O)C(F)(F)F)CC2c2cccc3ccccc23)CC1. The van der Waals surface area contributed by atoms with Crippen molar-refractivity contribution in [1.29, 1.82) is 0 Å². The van der Waals surface area contributed by atoms with Crippen molar-refractivity contribution in [3.05, 3.63) is 60.2 Å². The first-order valence-corrected chi connectivity index (χ1v) is 10.7. The Morgan fingerprint density at radius 1 is 0.969 bits per heavy atom. The van der Waals surface area contributed by atoms with E-state index < -0.39 is 29.7 Å². The first-order chi connectivity index (χ1) is 15.2. The molecule has 1 fully saturated rings. The van der Waals surface area contributed by atoms with Gasteiger partial charge in [0.25, 0.3) is 0 Å². The molecule has 2 aromatic carbocycles. The zero-order valence-corrected chi connectivity index (χ0v) is 17.8. The second-order valence-electron chi connectivity index (χ2n) is 8.56. The number of hydrogen-bond acceptors (Lipinski definition) is 4. The van der Waals surface area contributed by atoms with Crippen LogP contribution in [0.4, 0.5) is 13.2 Å². The van der Waals surface area contributed by atoms with E-state index in [4.69, 9.17) is 0 Å². The van der Waals surface area contributed by atoms with Gasteiger partial charge < -0.3 is 4.90 Å². The van der Waals surface area contributed by atoms with E-state index in [0.29, 0.717) is 13.1 Å². The number of likely N-dealkylation sites (N-methyl/N-ethyl adjacent to an activating group) is 1. The molecule has 0 spiro atoms. The Labute approximate surface area is 184 Å². The molecule has 1 N–H and O–H groups in total. The minimum absolute atomic E-state index is 0.0658. The lowest BCUT2D eigenvalue weighted by molar-refractivity contribution is -0.174. The number of Topliss-reactive ketones (excluding diaryl/α,β-unsaturated/α-hetero) is 1. The summed E-state index contributed by atoms with van der Waals surface area (Å²) in [5, 5.41) is 3.67. The Morgan fingerprint density at radius 2 is 1.66 bits per heavy atom. The van der Waals surface area contributed by atoms with E-state index in [1.807, 2.05) is 54.5 Å². The van der Waals surface area contributed by atoms with Crippen LogP contribution in [0.15, 0.2) is 54.6 Å². The first kappa shape index (κ1) is 22.5. The van der Waals surface area contributed by atoms with E-state index in [-0.39, 0.29) is 12.3 Å². The standard InChI is InChI=1S/C24H26F3N3O2/c1-29-11-13-30(14-12-29)28-23(32)20-10-9-17(22(31)24(25,26)27)15-21(20)19-8-4-6-16-5-2-3-7-18(16)19/h2-10,17,20-21H,11-15H2,1H3,(H,28,32). The van der Waals surface area contributed by atoms with Gasteiger partial charge in [-0.1, -0.05) is 54.6 Å². The van der Waals surface area contributed by atoms with Crippen molar-refractivity contribution in [2.24, 2.45) is 11.8 Å². The zero-order chi connectivity index (χ0) is 22.9. The molecule has 0 radical (unpaired) electrons. The van der Waals surface area contributed by atoms with Gasteiger partial charge in [0.05, 0.1) is 5.92 Å². The van der Waals surface area contributed by atoms with Crippen LogP contribution >= 0.6 is 0 Å². The second kappa shape index (κ2) is 9.03. The van der Waals surface area contributed by atoms with E-state index in [0.717, 1.165) is 29.4 Å². The van der Waals surface area contributed by atoms with Crippen LogP contribution in [0, 0.1) is 11.8 Å². The van der Waals surface area contributed by atoms with Gasteiger partial charge in [-0.05, 0) is 29.8 Å². The number of benzene rings is 2. The normalized spacial score (nSPS) is 25.1. The predicted octanol–water partition coefficient (Wildman–Crippen LogP) is 3.53. The number of piperazine rings is 1. The third kappa shape index (κ3) is 4.71. The van der Waals surface area contributed by atoms with Gasteiger partial charge >= 0.3 is 6.18 Å². The Kier molecular flexibility index (Phi) is 6.35. The molecule has 1 amide bonds. The minimum Gasteiger partial charge on any atom is -0.304 e. The lowest BCUT2D eigenvalue weighted by Gasteiger charge is -2.36. The molecule has 1 saturated heterocycles. The number of hydrogen-bond donors (Lipinski definition) is 1. The lowest BCUT2D eigenvalue weighted by Crippen LogP contribution is -2.54. The van der Waals surface area contributed by atoms with E-state index >= 15 is 0 Å². The van der Waals surface area contributed by atoms with Gasteiger partial charge in [-0.25, -0.2) is 5.01 Å². The number of nitrogens with one attached hydrogen (secondary N) is 1. The van der Waals surface area contributed by atoms with E-state index in [2.05, 4.69) is 10.3 Å². The quantitative estimate of drug-likeness (QED) is 0.732. The molecule has 0 aromatic heterocycles. The molecule has 3 atom stereocenters. The van der Waals surface area contributed by atoms with Crippen molar-refractivity contribution in [2.45, 2.75) is 18.5 Å². The Morgan fingerprint density at radius 3 is 2.38 bits per heavy atom. The smallest absolute Gasteiger partial charge is 0.304 e. The van der Waals surface area contributed by atoms with Crippen molar-refractivity contribution >= 4 is 22.5 Å². The summed E-state index contributed by atoms with van der Waals surface area (Å²) in [4.78, 5) is 27.4. The summed E-state index contributed by atoms with van der Waals surface area (Å²) < 4.78 is 39.4. The average molecular weight is 445 g/mol. The highest BCUT2D eigenvalue weighted by atomic mass is 19.4. The van der Waals surface area contributed by atoms with Crippen molar-refractivity contribution in [1.82, 2.24) is 15.3 Å². The molecule has 0 bridgehead atoms. The van der Waals surface area contributed by atoms with Crippen molar-refractivity contribution in [3.8, 4) is 0 Å². The van der Waals surface area contributed by atoms with Gasteiger partial charge in [0.2, 0.25) is 11.7 Å². The fourth-order valence-electron chi connectivity index (χ4n) is 4.60. The number of carbonyl (C=O) groups excluding carboxylic acids is 2. The molecule has 0 saturated carbocycles. The van der Waals surface area contributed by atoms with Crippen LogP contribution in [0.2, 0.25) is 0 Å². The predicted molar refractivity (Wildman–Crippen MR) is 116 cm³/mol. The molecule has 3 unspecified atom stereocenters. The average Bonchev–Trinajstić information content (AvgIpc) is 2.78. The summed E-state index contributed by atoms with van der Waals surface area (Å²) >= 11 is 0. The Balaban J connectivity index is 1.66. The van der Waals surface area contributed by atoms with Gasteiger partial charge in [0, 0.05) is 38.0 Å². The van der Waals surface area contributed by atoms with E-state index in [1.165, 1.54) is 12.2 Å². The molecule has 32 heavy (non-hydrogen) atoms. The van der Waals surface area contributed by atoms with Crippen LogP contribution in [0.5, 0.6) is 0 Å². The molecule has 5 nitrogen and oxygen atoms in total. The van der Waals surface area contributed by atoms with E-state index in [9.17, 15) is 22.8 Å². The van der Waals surface area contributed by atoms with Crippen LogP contribution in [0.25, 0.3) is 10.8 Å². The van der Waals surface area contributed by atoms with Gasteiger partial charge in [-0.2, -0.15) is 13.2 Å². The van der Waals surface area contributed by atoms with Crippen LogP contribution in [0.1, 0.15) is 17.9 Å². The number of fused-ring (bicyclic) bond motifs is 1. The highest BCUT2D eigenvalue weighted by Crippen LogP contribution is 2.41. The molecule has 1 heterocycles. The van der Waals surface area contributed by atoms with Gasteiger partial charge in [-0.15, -0.1) is 0 Å². The van der Waals surface area contributed by atoms with Crippen molar-refractivity contribution in [3.63, 3.8) is 0 Å². The summed E-state index contributed by atoms with van der Waals surface area (Å²) in [6.45, 7) is 2.98. The summed E-state index contributed by atoms with van der Waals surface area (Å²) in [6, 6.07) is 13.2. The number of alkyl halides is 3. The topological polar surface area (TPSA) is 52.6 Å². The number of allylic oxidation sites excluding steroid dienone is 1. The molecule has 1 aliphatic heterocycles. The maximum absolute atomic E-state index is 13.2. The summed E-state index contributed by atoms with van der Waals surface area (Å²) in [7, 11) is 2.01. The number of nitrogens with zero attached hydrogens (tertiary/aromatic N) is 2.